The SMILES string of the molecule is CCC(C)C(C)NC(=O)C(C(N)=S)c1ccccc1. The van der Waals surface area contributed by atoms with Crippen LogP contribution in [0, 0.1) is 5.92 Å². The molecule has 0 saturated heterocycles. The van der Waals surface area contributed by atoms with Crippen LogP contribution in [-0.2, 0) is 4.79 Å². The first-order valence-electron chi connectivity index (χ1n) is 6.62. The van der Waals surface area contributed by atoms with E-state index < -0.39 is 5.92 Å². The molecule has 1 aromatic rings. The Balaban J connectivity index is 2.84. The van der Waals surface area contributed by atoms with Crippen LogP contribution in [0.15, 0.2) is 30.3 Å². The Morgan fingerprint density at radius 3 is 2.37 bits per heavy atom. The summed E-state index contributed by atoms with van der Waals surface area (Å²) >= 11 is 5.04. The van der Waals surface area contributed by atoms with Gasteiger partial charge < -0.3 is 11.1 Å². The van der Waals surface area contributed by atoms with Gasteiger partial charge in [0.1, 0.15) is 5.92 Å². The number of hydrogen-bond donors (Lipinski definition) is 2. The van der Waals surface area contributed by atoms with Crippen LogP contribution in [0.1, 0.15) is 38.7 Å². The Morgan fingerprint density at radius 1 is 1.32 bits per heavy atom. The van der Waals surface area contributed by atoms with E-state index in [9.17, 15) is 4.79 Å². The molecule has 0 fully saturated rings. The number of benzene rings is 1. The molecule has 0 aliphatic carbocycles. The van der Waals surface area contributed by atoms with Crippen molar-refractivity contribution in [2.75, 3.05) is 0 Å². The van der Waals surface area contributed by atoms with Crippen LogP contribution < -0.4 is 11.1 Å². The first-order chi connectivity index (χ1) is 8.97. The second-order valence-corrected chi connectivity index (χ2v) is 5.40. The van der Waals surface area contributed by atoms with Crippen LogP contribution in [0.25, 0.3) is 0 Å². The molecule has 0 saturated carbocycles. The Bertz CT molecular complexity index is 433. The summed E-state index contributed by atoms with van der Waals surface area (Å²) in [4.78, 5) is 12.5. The van der Waals surface area contributed by atoms with Crippen LogP contribution in [-0.4, -0.2) is 16.9 Å². The van der Waals surface area contributed by atoms with E-state index in [1.54, 1.807) is 0 Å². The van der Waals surface area contributed by atoms with Gasteiger partial charge >= 0.3 is 0 Å². The summed E-state index contributed by atoms with van der Waals surface area (Å²) in [6, 6.07) is 9.52. The molecule has 0 bridgehead atoms. The molecule has 19 heavy (non-hydrogen) atoms. The second-order valence-electron chi connectivity index (χ2n) is 4.93. The molecule has 104 valence electrons. The van der Waals surface area contributed by atoms with Crippen LogP contribution >= 0.6 is 12.2 Å². The lowest BCUT2D eigenvalue weighted by Crippen LogP contribution is -2.43. The number of hydrogen-bond acceptors (Lipinski definition) is 2. The summed E-state index contributed by atoms with van der Waals surface area (Å²) < 4.78 is 0. The molecule has 0 radical (unpaired) electrons. The van der Waals surface area contributed by atoms with Crippen LogP contribution in [0.2, 0.25) is 0 Å². The molecule has 1 rings (SSSR count). The lowest BCUT2D eigenvalue weighted by molar-refractivity contribution is -0.122. The molecule has 3 nitrogen and oxygen atoms in total. The smallest absolute Gasteiger partial charge is 0.234 e. The fourth-order valence-corrected chi connectivity index (χ4v) is 2.14. The number of nitrogens with two attached hydrogens (primary N) is 1. The molecule has 0 aromatic heterocycles. The number of carbonyl (C=O) groups is 1. The number of thiocarbonyl (C=S) groups is 1. The second kappa shape index (κ2) is 7.24. The van der Waals surface area contributed by atoms with Crippen molar-refractivity contribution in [2.45, 2.75) is 39.2 Å². The molecule has 1 aromatic carbocycles. The zero-order valence-corrected chi connectivity index (χ0v) is 12.5. The summed E-state index contributed by atoms with van der Waals surface area (Å²) in [5, 5.41) is 3.00. The summed E-state index contributed by atoms with van der Waals surface area (Å²) in [6.45, 7) is 6.23. The van der Waals surface area contributed by atoms with Gasteiger partial charge in [0.05, 0.1) is 4.99 Å². The number of carbonyl (C=O) groups excluding carboxylic acids is 1. The topological polar surface area (TPSA) is 55.1 Å². The van der Waals surface area contributed by atoms with Crippen molar-refractivity contribution >= 4 is 23.1 Å². The Hall–Kier alpha value is -1.42. The van der Waals surface area contributed by atoms with E-state index in [0.717, 1.165) is 12.0 Å². The molecule has 3 atom stereocenters. The van der Waals surface area contributed by atoms with Gasteiger partial charge in [-0.05, 0) is 18.4 Å². The highest BCUT2D eigenvalue weighted by atomic mass is 32.1. The van der Waals surface area contributed by atoms with Gasteiger partial charge in [0.25, 0.3) is 0 Å². The Labute approximate surface area is 120 Å². The van der Waals surface area contributed by atoms with E-state index in [-0.39, 0.29) is 16.9 Å². The summed E-state index contributed by atoms with van der Waals surface area (Å²) in [5.74, 6) is -0.249. The fourth-order valence-electron chi connectivity index (χ4n) is 1.89. The van der Waals surface area contributed by atoms with Gasteiger partial charge in [-0.1, -0.05) is 62.8 Å². The normalized spacial score (nSPS) is 15.3. The summed E-state index contributed by atoms with van der Waals surface area (Å²) in [7, 11) is 0. The highest BCUT2D eigenvalue weighted by molar-refractivity contribution is 7.80. The fraction of sp³-hybridized carbons (Fsp3) is 0.467. The highest BCUT2D eigenvalue weighted by Crippen LogP contribution is 2.17. The van der Waals surface area contributed by atoms with Gasteiger partial charge in [0.2, 0.25) is 5.91 Å². The van der Waals surface area contributed by atoms with Crippen molar-refractivity contribution < 1.29 is 4.79 Å². The van der Waals surface area contributed by atoms with Gasteiger partial charge in [0.15, 0.2) is 0 Å². The van der Waals surface area contributed by atoms with E-state index in [4.69, 9.17) is 18.0 Å². The van der Waals surface area contributed by atoms with Crippen molar-refractivity contribution in [3.63, 3.8) is 0 Å². The van der Waals surface area contributed by atoms with Gasteiger partial charge in [-0.3, -0.25) is 4.79 Å². The van der Waals surface area contributed by atoms with Crippen LogP contribution in [0.3, 0.4) is 0 Å². The van der Waals surface area contributed by atoms with Crippen molar-refractivity contribution in [3.05, 3.63) is 35.9 Å². The average molecular weight is 278 g/mol. The average Bonchev–Trinajstić information content (AvgIpc) is 2.38. The zero-order chi connectivity index (χ0) is 14.4. The van der Waals surface area contributed by atoms with E-state index in [2.05, 4.69) is 19.2 Å². The largest absolute Gasteiger partial charge is 0.392 e. The number of nitrogens with one attached hydrogen (secondary N) is 1. The first-order valence-corrected chi connectivity index (χ1v) is 7.02. The maximum atomic E-state index is 12.3. The molecule has 3 unspecified atom stereocenters. The number of amides is 1. The summed E-state index contributed by atoms with van der Waals surface area (Å²) in [5.41, 5.74) is 6.56. The lowest BCUT2D eigenvalue weighted by atomic mass is 9.96. The van der Waals surface area contributed by atoms with Gasteiger partial charge in [-0.15, -0.1) is 0 Å². The Morgan fingerprint density at radius 2 is 1.89 bits per heavy atom. The maximum Gasteiger partial charge on any atom is 0.234 e. The minimum absolute atomic E-state index is 0.109. The van der Waals surface area contributed by atoms with Gasteiger partial charge in [0, 0.05) is 6.04 Å². The minimum atomic E-state index is -0.553. The van der Waals surface area contributed by atoms with E-state index in [1.807, 2.05) is 37.3 Å². The molecular weight excluding hydrogens is 256 g/mol. The van der Waals surface area contributed by atoms with Crippen molar-refractivity contribution in [2.24, 2.45) is 11.7 Å². The third kappa shape index (κ3) is 4.31. The van der Waals surface area contributed by atoms with E-state index in [1.165, 1.54) is 0 Å². The third-order valence-electron chi connectivity index (χ3n) is 3.55. The molecule has 0 aliphatic heterocycles. The lowest BCUT2D eigenvalue weighted by Gasteiger charge is -2.23. The standard InChI is InChI=1S/C15H22N2OS/c1-4-10(2)11(3)17-15(18)13(14(16)19)12-8-6-5-7-9-12/h5-11,13H,4H2,1-3H3,(H2,16,19)(H,17,18). The van der Waals surface area contributed by atoms with E-state index >= 15 is 0 Å². The van der Waals surface area contributed by atoms with Gasteiger partial charge in [-0.25, -0.2) is 0 Å². The van der Waals surface area contributed by atoms with Crippen molar-refractivity contribution in [3.8, 4) is 0 Å². The molecule has 0 heterocycles. The van der Waals surface area contributed by atoms with Crippen molar-refractivity contribution in [1.82, 2.24) is 5.32 Å². The first kappa shape index (κ1) is 15.6. The maximum absolute atomic E-state index is 12.3. The predicted molar refractivity (Wildman–Crippen MR) is 83.0 cm³/mol. The minimum Gasteiger partial charge on any atom is -0.392 e. The molecular formula is C15H22N2OS. The zero-order valence-electron chi connectivity index (χ0n) is 11.7. The quantitative estimate of drug-likeness (QED) is 0.786. The van der Waals surface area contributed by atoms with Crippen molar-refractivity contribution in [1.29, 1.82) is 0 Å². The molecule has 0 aliphatic rings. The van der Waals surface area contributed by atoms with Gasteiger partial charge in [-0.2, -0.15) is 0 Å². The monoisotopic (exact) mass is 278 g/mol. The number of rotatable bonds is 6. The molecule has 3 N–H and O–H groups in total. The van der Waals surface area contributed by atoms with E-state index in [0.29, 0.717) is 5.92 Å². The van der Waals surface area contributed by atoms with Crippen LogP contribution in [0.4, 0.5) is 0 Å². The molecule has 1 amide bonds. The molecule has 4 heteroatoms. The highest BCUT2D eigenvalue weighted by Gasteiger charge is 2.25. The van der Waals surface area contributed by atoms with Crippen LogP contribution in [0.5, 0.6) is 0 Å². The third-order valence-corrected chi connectivity index (χ3v) is 3.78. The molecule has 0 spiro atoms. The Kier molecular flexibility index (Phi) is 5.96. The predicted octanol–water partition coefficient (Wildman–Crippen LogP) is 2.61. The summed E-state index contributed by atoms with van der Waals surface area (Å²) in [6.07, 6.45) is 1.02.